The van der Waals surface area contributed by atoms with Gasteiger partial charge in [0, 0.05) is 19.7 Å². The highest BCUT2D eigenvalue weighted by atomic mass is 35.5. The zero-order valence-electron chi connectivity index (χ0n) is 11.3. The van der Waals surface area contributed by atoms with Gasteiger partial charge < -0.3 is 5.32 Å². The SMILES string of the molecule is CN1C(=O)NC2C(C1=O)C(c1ccc(Cl)c(Cl)c1)=NN2C. The molecule has 6 nitrogen and oxygen atoms in total. The predicted molar refractivity (Wildman–Crippen MR) is 79.3 cm³/mol. The Morgan fingerprint density at radius 3 is 2.57 bits per heavy atom. The van der Waals surface area contributed by atoms with E-state index in [0.717, 1.165) is 4.90 Å². The van der Waals surface area contributed by atoms with Crippen molar-refractivity contribution in [1.29, 1.82) is 0 Å². The molecule has 1 aromatic carbocycles. The molecule has 2 heterocycles. The van der Waals surface area contributed by atoms with Crippen molar-refractivity contribution in [2.75, 3.05) is 14.1 Å². The summed E-state index contributed by atoms with van der Waals surface area (Å²) in [6.45, 7) is 0. The lowest BCUT2D eigenvalue weighted by atomic mass is 9.92. The van der Waals surface area contributed by atoms with E-state index in [-0.39, 0.29) is 5.91 Å². The number of amides is 3. The number of imide groups is 1. The molecule has 8 heteroatoms. The number of hydrazone groups is 1. The molecule has 0 spiro atoms. The Labute approximate surface area is 131 Å². The first-order chi connectivity index (χ1) is 9.90. The fourth-order valence-corrected chi connectivity index (χ4v) is 2.81. The van der Waals surface area contributed by atoms with Crippen LogP contribution < -0.4 is 5.32 Å². The largest absolute Gasteiger partial charge is 0.325 e. The second-order valence-electron chi connectivity index (χ2n) is 4.96. The summed E-state index contributed by atoms with van der Waals surface area (Å²) in [5, 5.41) is 9.53. The standard InChI is InChI=1S/C13H12Cl2N4O2/c1-18-12(20)9-10(6-3-4-7(14)8(15)5-6)17-19(2)11(9)16-13(18)21/h3-5,9,11H,1-2H3,(H,16,21). The van der Waals surface area contributed by atoms with Crippen molar-refractivity contribution in [3.63, 3.8) is 0 Å². The topological polar surface area (TPSA) is 65.0 Å². The summed E-state index contributed by atoms with van der Waals surface area (Å²) in [5.41, 5.74) is 1.28. The molecule has 1 N–H and O–H groups in total. The van der Waals surface area contributed by atoms with Gasteiger partial charge >= 0.3 is 6.03 Å². The number of nitrogens with one attached hydrogen (secondary N) is 1. The van der Waals surface area contributed by atoms with Crippen molar-refractivity contribution in [2.45, 2.75) is 6.17 Å². The molecule has 2 aliphatic heterocycles. The van der Waals surface area contributed by atoms with Gasteiger partial charge in [-0.05, 0) is 12.1 Å². The lowest BCUT2D eigenvalue weighted by Crippen LogP contribution is -2.61. The fourth-order valence-electron chi connectivity index (χ4n) is 2.51. The lowest BCUT2D eigenvalue weighted by Gasteiger charge is -2.34. The van der Waals surface area contributed by atoms with E-state index in [2.05, 4.69) is 10.4 Å². The first-order valence-electron chi connectivity index (χ1n) is 6.25. The quantitative estimate of drug-likeness (QED) is 0.855. The first kappa shape index (κ1) is 14.2. The van der Waals surface area contributed by atoms with Gasteiger partial charge in [-0.15, -0.1) is 0 Å². The van der Waals surface area contributed by atoms with Crippen LogP contribution in [-0.4, -0.2) is 47.8 Å². The summed E-state index contributed by atoms with van der Waals surface area (Å²) in [6.07, 6.45) is -0.481. The Bertz CT molecular complexity index is 676. The Balaban J connectivity index is 2.03. The lowest BCUT2D eigenvalue weighted by molar-refractivity contribution is -0.132. The average molecular weight is 327 g/mol. The Kier molecular flexibility index (Phi) is 3.30. The van der Waals surface area contributed by atoms with Gasteiger partial charge in [0.15, 0.2) is 0 Å². The van der Waals surface area contributed by atoms with E-state index in [4.69, 9.17) is 23.2 Å². The highest BCUT2D eigenvalue weighted by Crippen LogP contribution is 2.30. The average Bonchev–Trinajstić information content (AvgIpc) is 2.77. The van der Waals surface area contributed by atoms with E-state index >= 15 is 0 Å². The molecule has 3 amide bonds. The van der Waals surface area contributed by atoms with Crippen molar-refractivity contribution < 1.29 is 9.59 Å². The molecule has 110 valence electrons. The summed E-state index contributed by atoms with van der Waals surface area (Å²) in [4.78, 5) is 25.2. The Morgan fingerprint density at radius 2 is 1.90 bits per heavy atom. The van der Waals surface area contributed by atoms with Gasteiger partial charge in [-0.1, -0.05) is 29.3 Å². The maximum atomic E-state index is 12.4. The molecule has 0 radical (unpaired) electrons. The monoisotopic (exact) mass is 326 g/mol. The number of halogens is 2. The van der Waals surface area contributed by atoms with Gasteiger partial charge in [0.25, 0.3) is 0 Å². The minimum absolute atomic E-state index is 0.294. The molecule has 0 bridgehead atoms. The van der Waals surface area contributed by atoms with Crippen LogP contribution in [0.25, 0.3) is 0 Å². The number of urea groups is 1. The third-order valence-electron chi connectivity index (χ3n) is 3.67. The van der Waals surface area contributed by atoms with Crippen molar-refractivity contribution in [1.82, 2.24) is 15.2 Å². The van der Waals surface area contributed by atoms with Crippen molar-refractivity contribution in [2.24, 2.45) is 11.0 Å². The molecule has 3 rings (SSSR count). The number of carbonyl (C=O) groups is 2. The van der Waals surface area contributed by atoms with Crippen LogP contribution in [0.15, 0.2) is 23.3 Å². The van der Waals surface area contributed by atoms with Crippen LogP contribution in [0.1, 0.15) is 5.56 Å². The van der Waals surface area contributed by atoms with Gasteiger partial charge in [-0.3, -0.25) is 14.7 Å². The zero-order valence-corrected chi connectivity index (χ0v) is 12.8. The summed E-state index contributed by atoms with van der Waals surface area (Å²) >= 11 is 11.9. The summed E-state index contributed by atoms with van der Waals surface area (Å²) in [6, 6.07) is 4.65. The van der Waals surface area contributed by atoms with Crippen molar-refractivity contribution in [3.8, 4) is 0 Å². The molecule has 0 aromatic heterocycles. The van der Waals surface area contributed by atoms with Gasteiger partial charge in [0.05, 0.1) is 15.8 Å². The second-order valence-corrected chi connectivity index (χ2v) is 5.77. The highest BCUT2D eigenvalue weighted by Gasteiger charge is 2.48. The van der Waals surface area contributed by atoms with Gasteiger partial charge in [-0.25, -0.2) is 4.79 Å². The number of benzene rings is 1. The molecular weight excluding hydrogens is 315 g/mol. The first-order valence-corrected chi connectivity index (χ1v) is 7.00. The summed E-state index contributed by atoms with van der Waals surface area (Å²) < 4.78 is 0. The zero-order chi connectivity index (χ0) is 15.3. The number of hydrogen-bond acceptors (Lipinski definition) is 4. The van der Waals surface area contributed by atoms with E-state index in [1.54, 1.807) is 30.3 Å². The molecule has 0 saturated carbocycles. The van der Waals surface area contributed by atoms with Crippen LogP contribution >= 0.6 is 23.2 Å². The van der Waals surface area contributed by atoms with Crippen LogP contribution in [0, 0.1) is 5.92 Å². The van der Waals surface area contributed by atoms with Crippen LogP contribution in [0.5, 0.6) is 0 Å². The molecule has 2 aliphatic rings. The van der Waals surface area contributed by atoms with Crippen LogP contribution in [-0.2, 0) is 4.79 Å². The highest BCUT2D eigenvalue weighted by molar-refractivity contribution is 6.42. The van der Waals surface area contributed by atoms with Gasteiger partial charge in [0.2, 0.25) is 5.91 Å². The number of carbonyl (C=O) groups excluding carboxylic acids is 2. The Morgan fingerprint density at radius 1 is 1.19 bits per heavy atom. The van der Waals surface area contributed by atoms with E-state index in [1.807, 2.05) is 0 Å². The van der Waals surface area contributed by atoms with Crippen LogP contribution in [0.3, 0.4) is 0 Å². The second kappa shape index (κ2) is 4.89. The number of nitrogens with zero attached hydrogens (tertiary/aromatic N) is 3. The Hall–Kier alpha value is -1.79. The normalized spacial score (nSPS) is 24.9. The smallest absolute Gasteiger partial charge is 0.315 e. The van der Waals surface area contributed by atoms with E-state index in [1.165, 1.54) is 7.05 Å². The summed E-state index contributed by atoms with van der Waals surface area (Å²) in [5.74, 6) is -0.854. The predicted octanol–water partition coefficient (Wildman–Crippen LogP) is 1.77. The molecule has 1 fully saturated rings. The van der Waals surface area contributed by atoms with Gasteiger partial charge in [-0.2, -0.15) is 5.10 Å². The maximum Gasteiger partial charge on any atom is 0.325 e. The molecule has 0 aliphatic carbocycles. The van der Waals surface area contributed by atoms with E-state index < -0.39 is 18.1 Å². The van der Waals surface area contributed by atoms with Gasteiger partial charge in [0.1, 0.15) is 12.1 Å². The molecule has 1 aromatic rings. The molecule has 2 unspecified atom stereocenters. The molecule has 1 saturated heterocycles. The number of rotatable bonds is 1. The minimum atomic E-state index is -0.560. The molecule has 2 atom stereocenters. The van der Waals surface area contributed by atoms with Crippen molar-refractivity contribution >= 4 is 40.9 Å². The van der Waals surface area contributed by atoms with Crippen LogP contribution in [0.2, 0.25) is 10.0 Å². The third-order valence-corrected chi connectivity index (χ3v) is 4.41. The maximum absolute atomic E-state index is 12.4. The fraction of sp³-hybridized carbons (Fsp3) is 0.308. The third kappa shape index (κ3) is 2.15. The van der Waals surface area contributed by atoms with E-state index in [9.17, 15) is 9.59 Å². The number of hydrogen-bond donors (Lipinski definition) is 1. The molecule has 21 heavy (non-hydrogen) atoms. The van der Waals surface area contributed by atoms with Crippen molar-refractivity contribution in [3.05, 3.63) is 33.8 Å². The molecular formula is C13H12Cl2N4O2. The minimum Gasteiger partial charge on any atom is -0.315 e. The summed E-state index contributed by atoms with van der Waals surface area (Å²) in [7, 11) is 3.15. The van der Waals surface area contributed by atoms with Crippen LogP contribution in [0.4, 0.5) is 4.79 Å². The number of fused-ring (bicyclic) bond motifs is 1. The van der Waals surface area contributed by atoms with E-state index in [0.29, 0.717) is 21.3 Å².